The zero-order chi connectivity index (χ0) is 17.1. The fourth-order valence-corrected chi connectivity index (χ4v) is 3.03. The van der Waals surface area contributed by atoms with Gasteiger partial charge in [0.2, 0.25) is 0 Å². The molecule has 5 heteroatoms. The Morgan fingerprint density at radius 2 is 2.12 bits per heavy atom. The third-order valence-corrected chi connectivity index (χ3v) is 4.56. The number of aliphatic imine (C=N–C) groups is 1. The van der Waals surface area contributed by atoms with Crippen molar-refractivity contribution in [1.82, 2.24) is 5.32 Å². The fourth-order valence-electron chi connectivity index (χ4n) is 2.67. The molecule has 1 atom stereocenters. The van der Waals surface area contributed by atoms with E-state index in [0.717, 1.165) is 21.2 Å². The lowest BCUT2D eigenvalue weighted by atomic mass is 9.98. The molecule has 0 amide bonds. The average molecular weight is 387 g/mol. The lowest BCUT2D eigenvalue weighted by Gasteiger charge is -2.18. The quantitative estimate of drug-likeness (QED) is 0.823. The van der Waals surface area contributed by atoms with E-state index < -0.39 is 0 Å². The Morgan fingerprint density at radius 3 is 2.88 bits per heavy atom. The summed E-state index contributed by atoms with van der Waals surface area (Å²) in [6.45, 7) is 2.70. The monoisotopic (exact) mass is 386 g/mol. The largest absolute Gasteiger partial charge is 0.504 e. The van der Waals surface area contributed by atoms with Gasteiger partial charge in [-0.2, -0.15) is 0 Å². The van der Waals surface area contributed by atoms with Crippen LogP contribution in [0.15, 0.2) is 52.1 Å². The number of nitrogens with zero attached hydrogens (tertiary/aromatic N) is 1. The van der Waals surface area contributed by atoms with Crippen LogP contribution in [0.25, 0.3) is 5.57 Å². The highest BCUT2D eigenvalue weighted by Gasteiger charge is 2.13. The van der Waals surface area contributed by atoms with Gasteiger partial charge in [-0.1, -0.05) is 28.1 Å². The van der Waals surface area contributed by atoms with Gasteiger partial charge >= 0.3 is 0 Å². The highest BCUT2D eigenvalue weighted by Crippen LogP contribution is 2.29. The number of ether oxygens (including phenoxy) is 1. The highest BCUT2D eigenvalue weighted by atomic mass is 79.9. The van der Waals surface area contributed by atoms with Crippen molar-refractivity contribution >= 4 is 27.7 Å². The molecule has 1 aliphatic rings. The minimum absolute atomic E-state index is 0.0517. The fraction of sp³-hybridized carbons (Fsp3) is 0.211. The Morgan fingerprint density at radius 1 is 1.29 bits per heavy atom. The van der Waals surface area contributed by atoms with Crippen molar-refractivity contribution in [3.8, 4) is 11.5 Å². The summed E-state index contributed by atoms with van der Waals surface area (Å²) in [5, 5.41) is 13.3. The molecule has 1 heterocycles. The molecule has 0 bridgehead atoms. The van der Waals surface area contributed by atoms with Crippen LogP contribution >= 0.6 is 15.9 Å². The zero-order valence-corrected chi connectivity index (χ0v) is 15.2. The van der Waals surface area contributed by atoms with E-state index in [9.17, 15) is 5.11 Å². The Bertz CT molecular complexity index is 815. The number of halogens is 1. The number of hydrogen-bond donors (Lipinski definition) is 2. The Balaban J connectivity index is 1.80. The molecule has 0 aliphatic carbocycles. The summed E-state index contributed by atoms with van der Waals surface area (Å²) >= 11 is 3.52. The van der Waals surface area contributed by atoms with Crippen LogP contribution in [-0.2, 0) is 0 Å². The van der Waals surface area contributed by atoms with E-state index in [-0.39, 0.29) is 11.8 Å². The second-order valence-corrected chi connectivity index (χ2v) is 6.61. The van der Waals surface area contributed by atoms with Gasteiger partial charge in [-0.05, 0) is 53.5 Å². The van der Waals surface area contributed by atoms with Crippen molar-refractivity contribution in [2.24, 2.45) is 4.99 Å². The first-order valence-electron chi connectivity index (χ1n) is 7.70. The maximum atomic E-state index is 9.93. The number of nitrogens with one attached hydrogen (secondary N) is 1. The van der Waals surface area contributed by atoms with Crippen LogP contribution in [0.4, 0.5) is 0 Å². The van der Waals surface area contributed by atoms with Gasteiger partial charge in [-0.3, -0.25) is 4.99 Å². The van der Waals surface area contributed by atoms with Gasteiger partial charge in [0.05, 0.1) is 13.7 Å². The molecule has 3 rings (SSSR count). The first kappa shape index (κ1) is 16.6. The zero-order valence-electron chi connectivity index (χ0n) is 13.6. The van der Waals surface area contributed by atoms with Gasteiger partial charge in [0.25, 0.3) is 0 Å². The average Bonchev–Trinajstić information content (AvgIpc) is 2.59. The molecule has 0 spiro atoms. The molecule has 0 saturated carbocycles. The van der Waals surface area contributed by atoms with Crippen LogP contribution < -0.4 is 10.1 Å². The third-order valence-electron chi connectivity index (χ3n) is 4.06. The first-order valence-corrected chi connectivity index (χ1v) is 8.49. The van der Waals surface area contributed by atoms with E-state index in [1.165, 1.54) is 5.56 Å². The molecule has 4 nitrogen and oxygen atoms in total. The molecular formula is C19H19BrN2O2. The Kier molecular flexibility index (Phi) is 4.90. The summed E-state index contributed by atoms with van der Waals surface area (Å²) in [7, 11) is 1.54. The Labute approximate surface area is 150 Å². The minimum atomic E-state index is 0.0517. The molecule has 2 aromatic rings. The van der Waals surface area contributed by atoms with E-state index in [1.807, 2.05) is 31.5 Å². The van der Waals surface area contributed by atoms with Crippen molar-refractivity contribution in [2.75, 3.05) is 13.7 Å². The van der Waals surface area contributed by atoms with Gasteiger partial charge in [-0.15, -0.1) is 0 Å². The molecule has 1 unspecified atom stereocenters. The molecule has 24 heavy (non-hydrogen) atoms. The predicted octanol–water partition coefficient (Wildman–Crippen LogP) is 4.29. The number of hydrogen-bond acceptors (Lipinski definition) is 4. The molecule has 1 aliphatic heterocycles. The summed E-state index contributed by atoms with van der Waals surface area (Å²) in [6.07, 6.45) is 3.91. The number of fused-ring (bicyclic) bond motifs is 1. The van der Waals surface area contributed by atoms with Crippen molar-refractivity contribution in [2.45, 2.75) is 13.0 Å². The summed E-state index contributed by atoms with van der Waals surface area (Å²) in [5.74, 6) is 0.623. The summed E-state index contributed by atoms with van der Waals surface area (Å²) < 4.78 is 6.13. The van der Waals surface area contributed by atoms with Crippen LogP contribution in [0.3, 0.4) is 0 Å². The van der Waals surface area contributed by atoms with Gasteiger partial charge < -0.3 is 15.2 Å². The third kappa shape index (κ3) is 3.46. The van der Waals surface area contributed by atoms with E-state index in [4.69, 9.17) is 4.74 Å². The lowest BCUT2D eigenvalue weighted by Crippen LogP contribution is -2.14. The number of aromatic hydroxyl groups is 1. The van der Waals surface area contributed by atoms with Crippen molar-refractivity contribution in [1.29, 1.82) is 0 Å². The van der Waals surface area contributed by atoms with Gasteiger partial charge in [0, 0.05) is 22.9 Å². The van der Waals surface area contributed by atoms with Crippen molar-refractivity contribution in [3.63, 3.8) is 0 Å². The first-order chi connectivity index (χ1) is 11.6. The number of methoxy groups -OCH3 is 1. The molecular weight excluding hydrogens is 368 g/mol. The van der Waals surface area contributed by atoms with E-state index >= 15 is 0 Å². The molecule has 0 aromatic heterocycles. The van der Waals surface area contributed by atoms with E-state index in [2.05, 4.69) is 38.4 Å². The van der Waals surface area contributed by atoms with E-state index in [0.29, 0.717) is 12.3 Å². The summed E-state index contributed by atoms with van der Waals surface area (Å²) in [4.78, 5) is 4.41. The standard InChI is InChI=1S/C19H19BrN2O2/c1-12(13-4-6-19(24-2)18(23)7-13)22-11-15-10-21-9-14-3-5-16(20)8-17(14)15/h3-9,11-12,22-23H,10H2,1-2H3/b15-11+. The lowest BCUT2D eigenvalue weighted by molar-refractivity contribution is 0.372. The Hall–Kier alpha value is -2.27. The normalized spacial score (nSPS) is 15.9. The van der Waals surface area contributed by atoms with Gasteiger partial charge in [-0.25, -0.2) is 0 Å². The van der Waals surface area contributed by atoms with Crippen molar-refractivity contribution < 1.29 is 9.84 Å². The van der Waals surface area contributed by atoms with E-state index in [1.54, 1.807) is 19.2 Å². The molecule has 0 fully saturated rings. The smallest absolute Gasteiger partial charge is 0.160 e. The molecule has 0 radical (unpaired) electrons. The number of rotatable bonds is 4. The van der Waals surface area contributed by atoms with Crippen LogP contribution in [0.2, 0.25) is 0 Å². The van der Waals surface area contributed by atoms with Crippen LogP contribution in [0.1, 0.15) is 29.7 Å². The van der Waals surface area contributed by atoms with Crippen LogP contribution in [0.5, 0.6) is 11.5 Å². The molecule has 124 valence electrons. The minimum Gasteiger partial charge on any atom is -0.504 e. The van der Waals surface area contributed by atoms with Gasteiger partial charge in [0.1, 0.15) is 0 Å². The number of phenols is 1. The van der Waals surface area contributed by atoms with Crippen LogP contribution in [0, 0.1) is 0 Å². The molecule has 2 N–H and O–H groups in total. The molecule has 0 saturated heterocycles. The number of benzene rings is 2. The predicted molar refractivity (Wildman–Crippen MR) is 101 cm³/mol. The summed E-state index contributed by atoms with van der Waals surface area (Å²) in [6, 6.07) is 11.7. The maximum absolute atomic E-state index is 9.93. The SMILES string of the molecule is COc1ccc(C(C)N/C=C2\CN=Cc3ccc(Br)cc32)cc1O. The second kappa shape index (κ2) is 7.09. The van der Waals surface area contributed by atoms with Crippen LogP contribution in [-0.4, -0.2) is 25.0 Å². The second-order valence-electron chi connectivity index (χ2n) is 5.69. The van der Waals surface area contributed by atoms with Crippen molar-refractivity contribution in [3.05, 3.63) is 63.8 Å². The number of phenolic OH excluding ortho intramolecular Hbond substituents is 1. The van der Waals surface area contributed by atoms with Gasteiger partial charge in [0.15, 0.2) is 11.5 Å². The topological polar surface area (TPSA) is 53.8 Å². The maximum Gasteiger partial charge on any atom is 0.160 e. The molecule has 2 aromatic carbocycles. The summed E-state index contributed by atoms with van der Waals surface area (Å²) in [5.41, 5.74) is 4.42. The highest BCUT2D eigenvalue weighted by molar-refractivity contribution is 9.10.